The predicted octanol–water partition coefficient (Wildman–Crippen LogP) is 1.14. The van der Waals surface area contributed by atoms with Gasteiger partial charge in [-0.15, -0.1) is 0 Å². The largest absolute Gasteiger partial charge is 0.494 e. The third-order valence-electron chi connectivity index (χ3n) is 2.92. The van der Waals surface area contributed by atoms with Crippen LogP contribution in [0.15, 0.2) is 29.3 Å². The SMILES string of the molecule is CCCOc1ccc(C2(C)N=C(N)NC2=O)cc1. The number of benzene rings is 1. The zero-order valence-corrected chi connectivity index (χ0v) is 10.6. The smallest absolute Gasteiger partial charge is 0.259 e. The van der Waals surface area contributed by atoms with Gasteiger partial charge in [0, 0.05) is 0 Å². The summed E-state index contributed by atoms with van der Waals surface area (Å²) < 4.78 is 5.49. The summed E-state index contributed by atoms with van der Waals surface area (Å²) in [5.41, 5.74) is 5.39. The summed E-state index contributed by atoms with van der Waals surface area (Å²) in [5, 5.41) is 2.51. The van der Waals surface area contributed by atoms with Crippen molar-refractivity contribution in [2.75, 3.05) is 6.61 Å². The molecule has 1 heterocycles. The number of nitrogens with zero attached hydrogens (tertiary/aromatic N) is 1. The number of hydrogen-bond donors (Lipinski definition) is 2. The fourth-order valence-electron chi connectivity index (χ4n) is 1.85. The first kappa shape index (κ1) is 12.4. The maximum atomic E-state index is 11.8. The maximum absolute atomic E-state index is 11.8. The molecule has 18 heavy (non-hydrogen) atoms. The standard InChI is InChI=1S/C13H17N3O2/c1-3-8-18-10-6-4-9(5-7-10)13(2)11(17)15-12(14)16-13/h4-7H,3,8H2,1-2H3,(H3,14,15,16,17). The van der Waals surface area contributed by atoms with Crippen molar-refractivity contribution in [2.24, 2.45) is 10.7 Å². The molecule has 3 N–H and O–H groups in total. The Hall–Kier alpha value is -2.04. The van der Waals surface area contributed by atoms with E-state index in [1.54, 1.807) is 6.92 Å². The lowest BCUT2D eigenvalue weighted by atomic mass is 9.92. The van der Waals surface area contributed by atoms with Gasteiger partial charge in [-0.05, 0) is 31.0 Å². The van der Waals surface area contributed by atoms with Crippen molar-refractivity contribution < 1.29 is 9.53 Å². The van der Waals surface area contributed by atoms with Crippen LogP contribution in [0, 0.1) is 0 Å². The Morgan fingerprint density at radius 2 is 2.06 bits per heavy atom. The molecule has 0 aliphatic carbocycles. The molecule has 96 valence electrons. The van der Waals surface area contributed by atoms with Crippen LogP contribution in [-0.4, -0.2) is 18.5 Å². The van der Waals surface area contributed by atoms with E-state index < -0.39 is 5.54 Å². The molecule has 0 spiro atoms. The first-order valence-corrected chi connectivity index (χ1v) is 5.96. The quantitative estimate of drug-likeness (QED) is 0.837. The van der Waals surface area contributed by atoms with E-state index in [1.807, 2.05) is 24.3 Å². The van der Waals surface area contributed by atoms with Gasteiger partial charge in [0.2, 0.25) is 0 Å². The minimum Gasteiger partial charge on any atom is -0.494 e. The monoisotopic (exact) mass is 247 g/mol. The van der Waals surface area contributed by atoms with E-state index in [1.165, 1.54) is 0 Å². The number of carbonyl (C=O) groups excluding carboxylic acids is 1. The minimum absolute atomic E-state index is 0.161. The Morgan fingerprint density at radius 1 is 1.39 bits per heavy atom. The Kier molecular flexibility index (Phi) is 3.23. The molecule has 1 amide bonds. The molecule has 1 atom stereocenters. The van der Waals surface area contributed by atoms with Crippen LogP contribution < -0.4 is 15.8 Å². The summed E-state index contributed by atoms with van der Waals surface area (Å²) in [6, 6.07) is 7.36. The molecule has 1 unspecified atom stereocenters. The van der Waals surface area contributed by atoms with Gasteiger partial charge in [-0.2, -0.15) is 0 Å². The zero-order valence-electron chi connectivity index (χ0n) is 10.6. The molecule has 1 aromatic carbocycles. The lowest BCUT2D eigenvalue weighted by molar-refractivity contribution is -0.123. The van der Waals surface area contributed by atoms with Crippen molar-refractivity contribution in [1.29, 1.82) is 0 Å². The van der Waals surface area contributed by atoms with Crippen molar-refractivity contribution in [3.05, 3.63) is 29.8 Å². The van der Waals surface area contributed by atoms with E-state index >= 15 is 0 Å². The maximum Gasteiger partial charge on any atom is 0.259 e. The normalized spacial score (nSPS) is 22.6. The van der Waals surface area contributed by atoms with E-state index in [-0.39, 0.29) is 11.9 Å². The molecule has 5 heteroatoms. The van der Waals surface area contributed by atoms with Gasteiger partial charge < -0.3 is 10.5 Å². The molecule has 0 saturated carbocycles. The van der Waals surface area contributed by atoms with Gasteiger partial charge >= 0.3 is 0 Å². The Morgan fingerprint density at radius 3 is 2.56 bits per heavy atom. The number of aliphatic imine (C=N–C) groups is 1. The van der Waals surface area contributed by atoms with Crippen molar-refractivity contribution in [3.63, 3.8) is 0 Å². The molecule has 5 nitrogen and oxygen atoms in total. The summed E-state index contributed by atoms with van der Waals surface area (Å²) >= 11 is 0. The van der Waals surface area contributed by atoms with Gasteiger partial charge in [0.25, 0.3) is 5.91 Å². The Bertz CT molecular complexity index is 482. The van der Waals surface area contributed by atoms with Crippen LogP contribution in [-0.2, 0) is 10.3 Å². The van der Waals surface area contributed by atoms with Gasteiger partial charge in [0.15, 0.2) is 11.5 Å². The van der Waals surface area contributed by atoms with Crippen molar-refractivity contribution >= 4 is 11.9 Å². The lowest BCUT2D eigenvalue weighted by Gasteiger charge is -2.18. The van der Waals surface area contributed by atoms with E-state index in [0.717, 1.165) is 17.7 Å². The van der Waals surface area contributed by atoms with Crippen LogP contribution >= 0.6 is 0 Å². The molecule has 0 fully saturated rings. The number of rotatable bonds is 4. The van der Waals surface area contributed by atoms with Gasteiger partial charge in [-0.3, -0.25) is 10.1 Å². The van der Waals surface area contributed by atoms with E-state index in [4.69, 9.17) is 10.5 Å². The third kappa shape index (κ3) is 2.16. The third-order valence-corrected chi connectivity index (χ3v) is 2.92. The average molecular weight is 247 g/mol. The predicted molar refractivity (Wildman–Crippen MR) is 69.3 cm³/mol. The molecular formula is C13H17N3O2. The van der Waals surface area contributed by atoms with Gasteiger partial charge in [0.1, 0.15) is 5.75 Å². The van der Waals surface area contributed by atoms with E-state index in [9.17, 15) is 4.79 Å². The summed E-state index contributed by atoms with van der Waals surface area (Å²) in [6.07, 6.45) is 0.961. The van der Waals surface area contributed by atoms with Crippen LogP contribution in [0.25, 0.3) is 0 Å². The number of nitrogens with one attached hydrogen (secondary N) is 1. The van der Waals surface area contributed by atoms with Crippen molar-refractivity contribution in [3.8, 4) is 5.75 Å². The molecule has 0 aromatic heterocycles. The molecule has 1 aliphatic heterocycles. The topological polar surface area (TPSA) is 76.7 Å². The van der Waals surface area contributed by atoms with E-state index in [0.29, 0.717) is 6.61 Å². The molecule has 0 saturated heterocycles. The first-order chi connectivity index (χ1) is 8.56. The summed E-state index contributed by atoms with van der Waals surface area (Å²) in [4.78, 5) is 16.0. The Labute approximate surface area is 106 Å². The molecular weight excluding hydrogens is 230 g/mol. The number of guanidine groups is 1. The number of ether oxygens (including phenoxy) is 1. The highest BCUT2D eigenvalue weighted by Crippen LogP contribution is 2.29. The molecule has 1 aromatic rings. The molecule has 0 bridgehead atoms. The highest BCUT2D eigenvalue weighted by atomic mass is 16.5. The Balaban J connectivity index is 2.22. The molecule has 0 radical (unpaired) electrons. The average Bonchev–Trinajstić information content (AvgIpc) is 2.62. The van der Waals surface area contributed by atoms with Gasteiger partial charge in [-0.1, -0.05) is 19.1 Å². The van der Waals surface area contributed by atoms with Crippen LogP contribution in [0.3, 0.4) is 0 Å². The fourth-order valence-corrected chi connectivity index (χ4v) is 1.85. The second-order valence-corrected chi connectivity index (χ2v) is 4.40. The van der Waals surface area contributed by atoms with Crippen LogP contribution in [0.1, 0.15) is 25.8 Å². The minimum atomic E-state index is -0.937. The van der Waals surface area contributed by atoms with Crippen LogP contribution in [0.4, 0.5) is 0 Å². The highest BCUT2D eigenvalue weighted by molar-refractivity contribution is 6.06. The number of carbonyl (C=O) groups is 1. The van der Waals surface area contributed by atoms with E-state index in [2.05, 4.69) is 17.2 Å². The summed E-state index contributed by atoms with van der Waals surface area (Å²) in [5.74, 6) is 0.746. The number of hydrogen-bond acceptors (Lipinski definition) is 4. The molecule has 2 rings (SSSR count). The second-order valence-electron chi connectivity index (χ2n) is 4.40. The van der Waals surface area contributed by atoms with Crippen LogP contribution in [0.5, 0.6) is 5.75 Å². The summed E-state index contributed by atoms with van der Waals surface area (Å²) in [6.45, 7) is 4.47. The first-order valence-electron chi connectivity index (χ1n) is 5.96. The van der Waals surface area contributed by atoms with Crippen molar-refractivity contribution in [1.82, 2.24) is 5.32 Å². The molecule has 1 aliphatic rings. The number of nitrogens with two attached hydrogens (primary N) is 1. The second kappa shape index (κ2) is 4.68. The lowest BCUT2D eigenvalue weighted by Crippen LogP contribution is -2.37. The zero-order chi connectivity index (χ0) is 13.2. The fraction of sp³-hybridized carbons (Fsp3) is 0.385. The van der Waals surface area contributed by atoms with Crippen molar-refractivity contribution in [2.45, 2.75) is 25.8 Å². The summed E-state index contributed by atoms with van der Waals surface area (Å²) in [7, 11) is 0. The number of amides is 1. The van der Waals surface area contributed by atoms with Crippen LogP contribution in [0.2, 0.25) is 0 Å². The van der Waals surface area contributed by atoms with Gasteiger partial charge in [-0.25, -0.2) is 4.99 Å². The van der Waals surface area contributed by atoms with Gasteiger partial charge in [0.05, 0.1) is 6.61 Å². The highest BCUT2D eigenvalue weighted by Gasteiger charge is 2.40.